The van der Waals surface area contributed by atoms with Gasteiger partial charge in [0.2, 0.25) is 0 Å². The Hall–Kier alpha value is -1.02. The Morgan fingerprint density at radius 1 is 1.13 bits per heavy atom. The van der Waals surface area contributed by atoms with Crippen molar-refractivity contribution in [2.45, 2.75) is 26.9 Å². The molecule has 84 valence electrons. The lowest BCUT2D eigenvalue weighted by molar-refractivity contribution is 0.0896. The number of methoxy groups -OCH3 is 1. The quantitative estimate of drug-likeness (QED) is 0.824. The SMILES string of the molecule is COc1ccccc1C(O)C(C)C(C)C. The van der Waals surface area contributed by atoms with Crippen molar-refractivity contribution in [1.29, 1.82) is 0 Å². The third kappa shape index (κ3) is 2.72. The van der Waals surface area contributed by atoms with Crippen LogP contribution in [0.1, 0.15) is 32.4 Å². The van der Waals surface area contributed by atoms with E-state index < -0.39 is 6.10 Å². The van der Waals surface area contributed by atoms with Gasteiger partial charge in [-0.2, -0.15) is 0 Å². The first-order valence-electron chi connectivity index (χ1n) is 5.39. The minimum absolute atomic E-state index is 0.223. The van der Waals surface area contributed by atoms with Crippen LogP contribution >= 0.6 is 0 Å². The van der Waals surface area contributed by atoms with Crippen molar-refractivity contribution in [3.8, 4) is 5.75 Å². The van der Waals surface area contributed by atoms with Gasteiger partial charge in [0.05, 0.1) is 13.2 Å². The van der Waals surface area contributed by atoms with E-state index in [0.717, 1.165) is 11.3 Å². The van der Waals surface area contributed by atoms with Crippen LogP contribution in [0.4, 0.5) is 0 Å². The van der Waals surface area contributed by atoms with Crippen LogP contribution in [0.25, 0.3) is 0 Å². The lowest BCUT2D eigenvalue weighted by Gasteiger charge is -2.23. The molecular formula is C13H20O2. The average molecular weight is 208 g/mol. The van der Waals surface area contributed by atoms with Crippen molar-refractivity contribution in [3.63, 3.8) is 0 Å². The Kier molecular flexibility index (Phi) is 4.15. The number of para-hydroxylation sites is 1. The van der Waals surface area contributed by atoms with Gasteiger partial charge < -0.3 is 9.84 Å². The van der Waals surface area contributed by atoms with E-state index in [1.54, 1.807) is 7.11 Å². The molecule has 0 fully saturated rings. The van der Waals surface area contributed by atoms with Gasteiger partial charge in [0.1, 0.15) is 5.75 Å². The second kappa shape index (κ2) is 5.17. The monoisotopic (exact) mass is 208 g/mol. The molecule has 0 heterocycles. The summed E-state index contributed by atoms with van der Waals surface area (Å²) in [6.07, 6.45) is -0.457. The largest absolute Gasteiger partial charge is 0.496 e. The Morgan fingerprint density at radius 3 is 2.27 bits per heavy atom. The van der Waals surface area contributed by atoms with Crippen molar-refractivity contribution in [2.24, 2.45) is 11.8 Å². The number of ether oxygens (including phenoxy) is 1. The molecule has 1 rings (SSSR count). The Labute approximate surface area is 91.9 Å². The van der Waals surface area contributed by atoms with E-state index in [-0.39, 0.29) is 5.92 Å². The molecule has 0 amide bonds. The van der Waals surface area contributed by atoms with Gasteiger partial charge in [-0.05, 0) is 17.9 Å². The Balaban J connectivity index is 2.94. The number of aliphatic hydroxyl groups excluding tert-OH is 1. The zero-order valence-electron chi connectivity index (χ0n) is 9.90. The molecule has 2 unspecified atom stereocenters. The normalized spacial score (nSPS) is 15.1. The zero-order chi connectivity index (χ0) is 11.4. The van der Waals surface area contributed by atoms with Gasteiger partial charge in [0.15, 0.2) is 0 Å². The van der Waals surface area contributed by atoms with Gasteiger partial charge >= 0.3 is 0 Å². The maximum absolute atomic E-state index is 10.2. The number of benzene rings is 1. The molecule has 0 radical (unpaired) electrons. The lowest BCUT2D eigenvalue weighted by atomic mass is 9.88. The molecule has 0 aliphatic carbocycles. The van der Waals surface area contributed by atoms with Crippen LogP contribution in [0.5, 0.6) is 5.75 Å². The highest BCUT2D eigenvalue weighted by Gasteiger charge is 2.21. The van der Waals surface area contributed by atoms with E-state index in [0.29, 0.717) is 5.92 Å². The molecule has 2 nitrogen and oxygen atoms in total. The number of hydrogen-bond acceptors (Lipinski definition) is 2. The summed E-state index contributed by atoms with van der Waals surface area (Å²) in [6.45, 7) is 6.29. The molecule has 1 aromatic carbocycles. The summed E-state index contributed by atoms with van der Waals surface area (Å²) in [6, 6.07) is 7.64. The summed E-state index contributed by atoms with van der Waals surface area (Å²) in [5.74, 6) is 1.43. The van der Waals surface area contributed by atoms with Gasteiger partial charge in [-0.15, -0.1) is 0 Å². The Morgan fingerprint density at radius 2 is 1.73 bits per heavy atom. The third-order valence-electron chi connectivity index (χ3n) is 3.01. The van der Waals surface area contributed by atoms with E-state index in [1.807, 2.05) is 24.3 Å². The molecule has 0 saturated carbocycles. The van der Waals surface area contributed by atoms with E-state index in [4.69, 9.17) is 4.74 Å². The molecule has 0 saturated heterocycles. The highest BCUT2D eigenvalue weighted by molar-refractivity contribution is 5.35. The van der Waals surface area contributed by atoms with E-state index in [9.17, 15) is 5.11 Å². The summed E-state index contributed by atoms with van der Waals surface area (Å²) in [5, 5.41) is 10.2. The second-order valence-corrected chi connectivity index (χ2v) is 4.29. The third-order valence-corrected chi connectivity index (χ3v) is 3.01. The predicted molar refractivity (Wildman–Crippen MR) is 62.0 cm³/mol. The average Bonchev–Trinajstić information content (AvgIpc) is 2.26. The van der Waals surface area contributed by atoms with Crippen LogP contribution in [0.15, 0.2) is 24.3 Å². The second-order valence-electron chi connectivity index (χ2n) is 4.29. The van der Waals surface area contributed by atoms with Gasteiger partial charge in [-0.25, -0.2) is 0 Å². The summed E-state index contributed by atoms with van der Waals surface area (Å²) in [7, 11) is 1.63. The molecule has 2 heteroatoms. The topological polar surface area (TPSA) is 29.5 Å². The van der Waals surface area contributed by atoms with Crippen LogP contribution in [0.3, 0.4) is 0 Å². The Bertz CT molecular complexity index is 307. The van der Waals surface area contributed by atoms with Gasteiger partial charge in [-0.1, -0.05) is 39.0 Å². The fourth-order valence-corrected chi connectivity index (χ4v) is 1.56. The molecule has 1 N–H and O–H groups in total. The molecule has 0 aliphatic rings. The first-order chi connectivity index (χ1) is 7.07. The molecule has 0 aliphatic heterocycles. The molecular weight excluding hydrogens is 188 g/mol. The predicted octanol–water partition coefficient (Wildman–Crippen LogP) is 3.02. The molecule has 0 bridgehead atoms. The van der Waals surface area contributed by atoms with Crippen LogP contribution < -0.4 is 4.74 Å². The molecule has 2 atom stereocenters. The first-order valence-corrected chi connectivity index (χ1v) is 5.39. The minimum atomic E-state index is -0.457. The summed E-state index contributed by atoms with van der Waals surface area (Å²) < 4.78 is 5.24. The van der Waals surface area contributed by atoms with Gasteiger partial charge in [-0.3, -0.25) is 0 Å². The highest BCUT2D eigenvalue weighted by Crippen LogP contribution is 2.32. The molecule has 1 aromatic rings. The standard InChI is InChI=1S/C13H20O2/c1-9(2)10(3)13(14)11-7-5-6-8-12(11)15-4/h5-10,13-14H,1-4H3. The van der Waals surface area contributed by atoms with Crippen molar-refractivity contribution in [3.05, 3.63) is 29.8 Å². The van der Waals surface area contributed by atoms with E-state index in [2.05, 4.69) is 20.8 Å². The lowest BCUT2D eigenvalue weighted by Crippen LogP contribution is -2.15. The molecule has 0 spiro atoms. The van der Waals surface area contributed by atoms with Gasteiger partial charge in [0.25, 0.3) is 0 Å². The number of rotatable bonds is 4. The fraction of sp³-hybridized carbons (Fsp3) is 0.538. The van der Waals surface area contributed by atoms with Crippen LogP contribution in [0, 0.1) is 11.8 Å². The van der Waals surface area contributed by atoms with Crippen LogP contribution in [-0.4, -0.2) is 12.2 Å². The first kappa shape index (κ1) is 12.1. The van der Waals surface area contributed by atoms with Crippen molar-refractivity contribution < 1.29 is 9.84 Å². The summed E-state index contributed by atoms with van der Waals surface area (Å²) in [5.41, 5.74) is 0.876. The zero-order valence-corrected chi connectivity index (χ0v) is 9.90. The maximum Gasteiger partial charge on any atom is 0.124 e. The van der Waals surface area contributed by atoms with Crippen LogP contribution in [-0.2, 0) is 0 Å². The van der Waals surface area contributed by atoms with Gasteiger partial charge in [0, 0.05) is 5.56 Å². The molecule has 0 aromatic heterocycles. The van der Waals surface area contributed by atoms with Crippen LogP contribution in [0.2, 0.25) is 0 Å². The number of aliphatic hydroxyl groups is 1. The smallest absolute Gasteiger partial charge is 0.124 e. The summed E-state index contributed by atoms with van der Waals surface area (Å²) in [4.78, 5) is 0. The minimum Gasteiger partial charge on any atom is -0.496 e. The van der Waals surface area contributed by atoms with Crippen molar-refractivity contribution >= 4 is 0 Å². The summed E-state index contributed by atoms with van der Waals surface area (Å²) >= 11 is 0. The van der Waals surface area contributed by atoms with Crippen molar-refractivity contribution in [2.75, 3.05) is 7.11 Å². The van der Waals surface area contributed by atoms with E-state index >= 15 is 0 Å². The number of hydrogen-bond donors (Lipinski definition) is 1. The van der Waals surface area contributed by atoms with E-state index in [1.165, 1.54) is 0 Å². The highest BCUT2D eigenvalue weighted by atomic mass is 16.5. The maximum atomic E-state index is 10.2. The molecule has 15 heavy (non-hydrogen) atoms. The van der Waals surface area contributed by atoms with Crippen molar-refractivity contribution in [1.82, 2.24) is 0 Å². The fourth-order valence-electron chi connectivity index (χ4n) is 1.56.